The minimum atomic E-state index is -0.574. The molecule has 4 heteroatoms. The fraction of sp³-hybridized carbons (Fsp3) is 0.700. The first-order valence-electron chi connectivity index (χ1n) is 4.86. The van der Waals surface area contributed by atoms with Gasteiger partial charge in [-0.15, -0.1) is 0 Å². The number of carbonyl (C=O) groups is 1. The van der Waals surface area contributed by atoms with Crippen molar-refractivity contribution in [2.24, 2.45) is 0 Å². The summed E-state index contributed by atoms with van der Waals surface area (Å²) >= 11 is 0. The van der Waals surface area contributed by atoms with Crippen LogP contribution in [-0.2, 0) is 4.79 Å². The van der Waals surface area contributed by atoms with Crippen molar-refractivity contribution in [1.82, 2.24) is 9.80 Å². The molecule has 0 N–H and O–H groups in total. The zero-order chi connectivity index (χ0) is 10.6. The van der Waals surface area contributed by atoms with Gasteiger partial charge in [-0.1, -0.05) is 0 Å². The highest BCUT2D eigenvalue weighted by Gasteiger charge is 2.22. The van der Waals surface area contributed by atoms with Crippen LogP contribution < -0.4 is 0 Å². The van der Waals surface area contributed by atoms with Crippen LogP contribution in [0.5, 0.6) is 0 Å². The maximum Gasteiger partial charge on any atom is 0.246 e. The normalized spacial score (nSPS) is 24.5. The van der Waals surface area contributed by atoms with Crippen molar-refractivity contribution in [3.63, 3.8) is 0 Å². The molecule has 0 saturated carbocycles. The average Bonchev–Trinajstić information content (AvgIpc) is 2.18. The number of rotatable bonds is 2. The Balaban J connectivity index is 2.46. The summed E-state index contributed by atoms with van der Waals surface area (Å²) in [6.07, 6.45) is 2.57. The van der Waals surface area contributed by atoms with Gasteiger partial charge >= 0.3 is 0 Å². The monoisotopic (exact) mass is 200 g/mol. The van der Waals surface area contributed by atoms with E-state index in [2.05, 4.69) is 11.8 Å². The second kappa shape index (κ2) is 5.10. The minimum absolute atomic E-state index is 0.0809. The molecule has 80 valence electrons. The molecule has 0 radical (unpaired) electrons. The number of alkyl halides is 1. The summed E-state index contributed by atoms with van der Waals surface area (Å²) < 4.78 is 11.8. The summed E-state index contributed by atoms with van der Waals surface area (Å²) in [4.78, 5) is 15.4. The number of piperazine rings is 1. The number of hydrogen-bond acceptors (Lipinski definition) is 2. The zero-order valence-electron chi connectivity index (χ0n) is 8.74. The number of carbonyl (C=O) groups excluding carboxylic acids is 1. The van der Waals surface area contributed by atoms with Crippen molar-refractivity contribution in [2.75, 3.05) is 33.4 Å². The quantitative estimate of drug-likeness (QED) is 0.612. The van der Waals surface area contributed by atoms with Gasteiger partial charge in [0.25, 0.3) is 0 Å². The van der Waals surface area contributed by atoms with E-state index in [9.17, 15) is 9.18 Å². The first-order valence-corrected chi connectivity index (χ1v) is 4.86. The first-order chi connectivity index (χ1) is 6.65. The van der Waals surface area contributed by atoms with Crippen molar-refractivity contribution >= 4 is 5.91 Å². The Kier molecular flexibility index (Phi) is 4.07. The van der Waals surface area contributed by atoms with Crippen LogP contribution in [0.4, 0.5) is 4.39 Å². The molecule has 1 amide bonds. The van der Waals surface area contributed by atoms with Crippen molar-refractivity contribution in [1.29, 1.82) is 0 Å². The van der Waals surface area contributed by atoms with Crippen LogP contribution >= 0.6 is 0 Å². The predicted molar refractivity (Wildman–Crippen MR) is 53.8 cm³/mol. The number of hydrogen-bond donors (Lipinski definition) is 0. The molecular formula is C10H17FN2O. The van der Waals surface area contributed by atoms with E-state index in [4.69, 9.17) is 0 Å². The van der Waals surface area contributed by atoms with E-state index in [1.807, 2.05) is 7.05 Å². The van der Waals surface area contributed by atoms with Gasteiger partial charge in [-0.05, 0) is 20.0 Å². The highest BCUT2D eigenvalue weighted by atomic mass is 19.1. The number of amides is 1. The van der Waals surface area contributed by atoms with Crippen LogP contribution in [-0.4, -0.2) is 55.1 Å². The molecule has 0 aliphatic carbocycles. The number of allylic oxidation sites excluding steroid dienone is 1. The van der Waals surface area contributed by atoms with Crippen LogP contribution in [0.15, 0.2) is 12.2 Å². The lowest BCUT2D eigenvalue weighted by Gasteiger charge is -2.37. The van der Waals surface area contributed by atoms with E-state index >= 15 is 0 Å². The van der Waals surface area contributed by atoms with E-state index in [1.165, 1.54) is 12.2 Å². The third-order valence-electron chi connectivity index (χ3n) is 2.62. The second-order valence-electron chi connectivity index (χ2n) is 3.67. The molecule has 1 heterocycles. The van der Waals surface area contributed by atoms with Gasteiger partial charge < -0.3 is 9.80 Å². The molecule has 0 spiro atoms. The van der Waals surface area contributed by atoms with Gasteiger partial charge in [0.1, 0.15) is 6.67 Å². The largest absolute Gasteiger partial charge is 0.336 e. The minimum Gasteiger partial charge on any atom is -0.336 e. The van der Waals surface area contributed by atoms with Crippen molar-refractivity contribution < 1.29 is 9.18 Å². The van der Waals surface area contributed by atoms with E-state index in [-0.39, 0.29) is 5.91 Å². The van der Waals surface area contributed by atoms with E-state index in [1.54, 1.807) is 4.90 Å². The molecule has 1 aliphatic heterocycles. The molecule has 3 nitrogen and oxygen atoms in total. The van der Waals surface area contributed by atoms with Crippen LogP contribution in [0.3, 0.4) is 0 Å². The lowest BCUT2D eigenvalue weighted by atomic mass is 10.2. The predicted octanol–water partition coefficient (Wildman–Crippen LogP) is 0.675. The topological polar surface area (TPSA) is 23.6 Å². The highest BCUT2D eigenvalue weighted by molar-refractivity contribution is 5.87. The molecular weight excluding hydrogens is 183 g/mol. The summed E-state index contributed by atoms with van der Waals surface area (Å²) in [7, 11) is 2.05. The molecule has 0 aromatic heterocycles. The third kappa shape index (κ3) is 2.80. The summed E-state index contributed by atoms with van der Waals surface area (Å²) in [5.41, 5.74) is 0. The van der Waals surface area contributed by atoms with Gasteiger partial charge in [0.05, 0.1) is 0 Å². The van der Waals surface area contributed by atoms with Gasteiger partial charge in [-0.25, -0.2) is 4.39 Å². The molecule has 1 rings (SSSR count). The standard InChI is InChI=1S/C10H17FN2O/c1-9-8-13(7-6-12(9)2)10(14)4-3-5-11/h3-4,9H,5-8H2,1-2H3/b4-3+. The summed E-state index contributed by atoms with van der Waals surface area (Å²) in [5.74, 6) is -0.0809. The highest BCUT2D eigenvalue weighted by Crippen LogP contribution is 2.07. The van der Waals surface area contributed by atoms with E-state index in [0.717, 1.165) is 19.6 Å². The second-order valence-corrected chi connectivity index (χ2v) is 3.67. The zero-order valence-corrected chi connectivity index (χ0v) is 8.74. The molecule has 0 aromatic carbocycles. The lowest BCUT2D eigenvalue weighted by Crippen LogP contribution is -2.51. The fourth-order valence-electron chi connectivity index (χ4n) is 1.50. The summed E-state index contributed by atoms with van der Waals surface area (Å²) in [6, 6.07) is 0.381. The molecule has 1 saturated heterocycles. The number of halogens is 1. The van der Waals surface area contributed by atoms with Gasteiger partial charge in [-0.2, -0.15) is 0 Å². The molecule has 14 heavy (non-hydrogen) atoms. The van der Waals surface area contributed by atoms with Crippen LogP contribution in [0.25, 0.3) is 0 Å². The van der Waals surface area contributed by atoms with E-state index in [0.29, 0.717) is 6.04 Å². The Labute approximate surface area is 84.2 Å². The Bertz CT molecular complexity index is 230. The Morgan fingerprint density at radius 1 is 1.57 bits per heavy atom. The van der Waals surface area contributed by atoms with Gasteiger partial charge in [0, 0.05) is 31.8 Å². The van der Waals surface area contributed by atoms with Gasteiger partial charge in [0.15, 0.2) is 0 Å². The Morgan fingerprint density at radius 3 is 2.86 bits per heavy atom. The average molecular weight is 200 g/mol. The number of nitrogens with zero attached hydrogens (tertiary/aromatic N) is 2. The maximum absolute atomic E-state index is 11.8. The molecule has 1 aliphatic rings. The van der Waals surface area contributed by atoms with Gasteiger partial charge in [0.2, 0.25) is 5.91 Å². The van der Waals surface area contributed by atoms with Crippen LogP contribution in [0.2, 0.25) is 0 Å². The third-order valence-corrected chi connectivity index (χ3v) is 2.62. The molecule has 1 fully saturated rings. The van der Waals surface area contributed by atoms with Crippen molar-refractivity contribution in [3.05, 3.63) is 12.2 Å². The van der Waals surface area contributed by atoms with Crippen LogP contribution in [0.1, 0.15) is 6.92 Å². The van der Waals surface area contributed by atoms with Crippen molar-refractivity contribution in [2.45, 2.75) is 13.0 Å². The molecule has 0 bridgehead atoms. The van der Waals surface area contributed by atoms with Gasteiger partial charge in [-0.3, -0.25) is 4.79 Å². The first kappa shape index (κ1) is 11.2. The van der Waals surface area contributed by atoms with E-state index < -0.39 is 6.67 Å². The van der Waals surface area contributed by atoms with Crippen molar-refractivity contribution in [3.8, 4) is 0 Å². The SMILES string of the molecule is CC1CN(C(=O)/C=C/CF)CCN1C. The Hall–Kier alpha value is -0.900. The fourth-order valence-corrected chi connectivity index (χ4v) is 1.50. The maximum atomic E-state index is 11.8. The smallest absolute Gasteiger partial charge is 0.246 e. The molecule has 1 unspecified atom stereocenters. The summed E-state index contributed by atoms with van der Waals surface area (Å²) in [6.45, 7) is 3.85. The number of likely N-dealkylation sites (N-methyl/N-ethyl adjacent to an activating group) is 1. The lowest BCUT2D eigenvalue weighted by molar-refractivity contribution is -0.128. The van der Waals surface area contributed by atoms with Crippen LogP contribution in [0, 0.1) is 0 Å². The summed E-state index contributed by atoms with van der Waals surface area (Å²) in [5, 5.41) is 0. The molecule has 1 atom stereocenters. The molecule has 0 aromatic rings. The Morgan fingerprint density at radius 2 is 2.29 bits per heavy atom.